The van der Waals surface area contributed by atoms with Gasteiger partial charge in [0, 0.05) is 24.8 Å². The third-order valence-corrected chi connectivity index (χ3v) is 4.96. The van der Waals surface area contributed by atoms with E-state index in [0.717, 1.165) is 23.4 Å². The number of nitrogens with zero attached hydrogens (tertiary/aromatic N) is 6. The molecule has 0 bridgehead atoms. The second-order valence-corrected chi connectivity index (χ2v) is 9.05. The smallest absolute Gasteiger partial charge is 0.191 e. The molecule has 2 N–H and O–H groups in total. The number of aromatic nitrogens is 5. The Kier molecular flexibility index (Phi) is 6.27. The van der Waals surface area contributed by atoms with Crippen molar-refractivity contribution in [3.63, 3.8) is 0 Å². The number of aryl methyl sites for hydroxylation is 1. The van der Waals surface area contributed by atoms with Gasteiger partial charge in [0.2, 0.25) is 0 Å². The molecule has 30 heavy (non-hydrogen) atoms. The van der Waals surface area contributed by atoms with Gasteiger partial charge in [-0.05, 0) is 30.2 Å². The second kappa shape index (κ2) is 8.71. The highest BCUT2D eigenvalue weighted by molar-refractivity contribution is 7.98. The van der Waals surface area contributed by atoms with Gasteiger partial charge in [-0.3, -0.25) is 5.10 Å². The van der Waals surface area contributed by atoms with Gasteiger partial charge in [0.15, 0.2) is 22.6 Å². The van der Waals surface area contributed by atoms with E-state index in [2.05, 4.69) is 57.3 Å². The van der Waals surface area contributed by atoms with Crippen molar-refractivity contribution in [1.82, 2.24) is 25.1 Å². The molecule has 3 rings (SSSR count). The number of rotatable bonds is 6. The molecule has 0 fully saturated rings. The predicted molar refractivity (Wildman–Crippen MR) is 121 cm³/mol. The Bertz CT molecular complexity index is 1060. The fourth-order valence-corrected chi connectivity index (χ4v) is 3.51. The molecule has 156 valence electrons. The second-order valence-electron chi connectivity index (χ2n) is 8.27. The molecule has 0 unspecified atom stereocenters. The standard InChI is InChI=1S/C21H26N8S/c1-13-7-8-14(17-23-12-24-28-17)9-16(13)25-18-15(10-22)19(27-20(26-18)30-6)29(5)11-21(2,3)4/h7-9,12H,11H2,1-6H3,(H,23,24,28)(H,25,26,27). The fraction of sp³-hybridized carbons (Fsp3) is 0.381. The molecule has 2 heterocycles. The SMILES string of the molecule is CSc1nc(Nc2cc(-c3ncn[nH]3)ccc2C)c(C#N)c(N(C)CC(C)(C)C)n1. The number of H-pyrrole nitrogens is 1. The van der Waals surface area contributed by atoms with Crippen LogP contribution < -0.4 is 10.2 Å². The molecule has 0 amide bonds. The van der Waals surface area contributed by atoms with Gasteiger partial charge in [-0.15, -0.1) is 0 Å². The molecule has 0 saturated heterocycles. The molecule has 0 aliphatic rings. The summed E-state index contributed by atoms with van der Waals surface area (Å²) in [5, 5.41) is 20.7. The van der Waals surface area contributed by atoms with E-state index in [-0.39, 0.29) is 5.41 Å². The summed E-state index contributed by atoms with van der Waals surface area (Å²) in [6.07, 6.45) is 3.40. The number of thioether (sulfide) groups is 1. The third-order valence-electron chi connectivity index (χ3n) is 4.42. The molecule has 0 spiro atoms. The fourth-order valence-electron chi connectivity index (χ4n) is 3.15. The van der Waals surface area contributed by atoms with Gasteiger partial charge in [0.05, 0.1) is 0 Å². The van der Waals surface area contributed by atoms with Gasteiger partial charge in [-0.2, -0.15) is 10.4 Å². The lowest BCUT2D eigenvalue weighted by Gasteiger charge is -2.28. The van der Waals surface area contributed by atoms with Gasteiger partial charge < -0.3 is 10.2 Å². The first-order valence-electron chi connectivity index (χ1n) is 9.52. The Hall–Kier alpha value is -3.12. The monoisotopic (exact) mass is 422 g/mol. The minimum atomic E-state index is 0.0571. The van der Waals surface area contributed by atoms with E-state index >= 15 is 0 Å². The van der Waals surface area contributed by atoms with E-state index in [9.17, 15) is 5.26 Å². The first kappa shape index (κ1) is 21.6. The molecule has 3 aromatic rings. The number of hydrogen-bond acceptors (Lipinski definition) is 8. The van der Waals surface area contributed by atoms with E-state index < -0.39 is 0 Å². The van der Waals surface area contributed by atoms with Crippen LogP contribution in [0.15, 0.2) is 29.7 Å². The number of anilines is 3. The summed E-state index contributed by atoms with van der Waals surface area (Å²) < 4.78 is 0. The van der Waals surface area contributed by atoms with Crippen LogP contribution >= 0.6 is 11.8 Å². The van der Waals surface area contributed by atoms with Gasteiger partial charge in [0.1, 0.15) is 18.0 Å². The Labute approximate surface area is 181 Å². The van der Waals surface area contributed by atoms with Gasteiger partial charge in [-0.25, -0.2) is 15.0 Å². The van der Waals surface area contributed by atoms with Crippen molar-refractivity contribution in [2.24, 2.45) is 5.41 Å². The summed E-state index contributed by atoms with van der Waals surface area (Å²) in [5.74, 6) is 1.79. The molecule has 0 aliphatic carbocycles. The Morgan fingerprint density at radius 2 is 2.03 bits per heavy atom. The Balaban J connectivity index is 2.05. The number of hydrogen-bond donors (Lipinski definition) is 2. The van der Waals surface area contributed by atoms with Crippen molar-refractivity contribution in [1.29, 1.82) is 5.26 Å². The minimum absolute atomic E-state index is 0.0571. The van der Waals surface area contributed by atoms with Gasteiger partial charge >= 0.3 is 0 Å². The highest BCUT2D eigenvalue weighted by Gasteiger charge is 2.22. The van der Waals surface area contributed by atoms with E-state index in [1.807, 2.05) is 43.3 Å². The summed E-state index contributed by atoms with van der Waals surface area (Å²) in [5.41, 5.74) is 3.24. The molecular weight excluding hydrogens is 396 g/mol. The van der Waals surface area contributed by atoms with Crippen molar-refractivity contribution >= 4 is 29.1 Å². The summed E-state index contributed by atoms with van der Waals surface area (Å²) in [7, 11) is 1.96. The molecular formula is C21H26N8S. The maximum absolute atomic E-state index is 9.94. The first-order valence-corrected chi connectivity index (χ1v) is 10.7. The molecule has 0 radical (unpaired) electrons. The van der Waals surface area contributed by atoms with E-state index in [4.69, 9.17) is 0 Å². The lowest BCUT2D eigenvalue weighted by Crippen LogP contribution is -2.30. The molecule has 8 nitrogen and oxygen atoms in total. The van der Waals surface area contributed by atoms with Crippen molar-refractivity contribution in [3.8, 4) is 17.5 Å². The zero-order valence-electron chi connectivity index (χ0n) is 18.1. The van der Waals surface area contributed by atoms with E-state index in [0.29, 0.717) is 28.2 Å². The van der Waals surface area contributed by atoms with Crippen molar-refractivity contribution in [3.05, 3.63) is 35.7 Å². The molecule has 0 saturated carbocycles. The highest BCUT2D eigenvalue weighted by atomic mass is 32.2. The molecule has 1 aromatic carbocycles. The maximum Gasteiger partial charge on any atom is 0.191 e. The van der Waals surface area contributed by atoms with E-state index in [1.165, 1.54) is 18.1 Å². The van der Waals surface area contributed by atoms with Crippen LogP contribution in [0.5, 0.6) is 0 Å². The number of nitrogens with one attached hydrogen (secondary N) is 2. The van der Waals surface area contributed by atoms with Crippen molar-refractivity contribution < 1.29 is 0 Å². The number of nitriles is 1. The van der Waals surface area contributed by atoms with Crippen LogP contribution in [-0.2, 0) is 0 Å². The first-order chi connectivity index (χ1) is 14.2. The summed E-state index contributed by atoms with van der Waals surface area (Å²) in [6.45, 7) is 9.23. The summed E-state index contributed by atoms with van der Waals surface area (Å²) in [6, 6.07) is 8.24. The van der Waals surface area contributed by atoms with Crippen LogP contribution in [0.25, 0.3) is 11.4 Å². The zero-order chi connectivity index (χ0) is 21.9. The van der Waals surface area contributed by atoms with Crippen LogP contribution in [0, 0.1) is 23.7 Å². The quantitative estimate of drug-likeness (QED) is 0.445. The van der Waals surface area contributed by atoms with Gasteiger partial charge in [0.25, 0.3) is 0 Å². The lowest BCUT2D eigenvalue weighted by atomic mass is 9.96. The third kappa shape index (κ3) is 4.89. The summed E-state index contributed by atoms with van der Waals surface area (Å²) in [4.78, 5) is 15.4. The van der Waals surface area contributed by atoms with E-state index in [1.54, 1.807) is 0 Å². The highest BCUT2D eigenvalue weighted by Crippen LogP contribution is 2.32. The lowest BCUT2D eigenvalue weighted by molar-refractivity contribution is 0.417. The predicted octanol–water partition coefficient (Wildman–Crippen LogP) is 4.39. The average molecular weight is 423 g/mol. The largest absolute Gasteiger partial charge is 0.358 e. The maximum atomic E-state index is 9.94. The Morgan fingerprint density at radius 3 is 2.63 bits per heavy atom. The molecule has 2 aromatic heterocycles. The van der Waals surface area contributed by atoms with Crippen LogP contribution in [-0.4, -0.2) is 45.0 Å². The normalized spacial score (nSPS) is 11.2. The minimum Gasteiger partial charge on any atom is -0.358 e. The summed E-state index contributed by atoms with van der Waals surface area (Å²) >= 11 is 1.45. The van der Waals surface area contributed by atoms with Crippen LogP contribution in [0.4, 0.5) is 17.3 Å². The Morgan fingerprint density at radius 1 is 1.27 bits per heavy atom. The molecule has 9 heteroatoms. The zero-order valence-corrected chi connectivity index (χ0v) is 18.9. The topological polar surface area (TPSA) is 106 Å². The average Bonchev–Trinajstić information content (AvgIpc) is 3.22. The van der Waals surface area contributed by atoms with Crippen molar-refractivity contribution in [2.75, 3.05) is 30.1 Å². The van der Waals surface area contributed by atoms with Gasteiger partial charge in [-0.1, -0.05) is 44.7 Å². The number of aromatic amines is 1. The van der Waals surface area contributed by atoms with Crippen LogP contribution in [0.3, 0.4) is 0 Å². The molecule has 0 atom stereocenters. The molecule has 0 aliphatic heterocycles. The van der Waals surface area contributed by atoms with Crippen molar-refractivity contribution in [2.45, 2.75) is 32.9 Å². The van der Waals surface area contributed by atoms with Crippen LogP contribution in [0.1, 0.15) is 31.9 Å². The van der Waals surface area contributed by atoms with Crippen LogP contribution in [0.2, 0.25) is 0 Å². The number of benzene rings is 1.